The molecule has 1 saturated carbocycles. The lowest BCUT2D eigenvalue weighted by Crippen LogP contribution is -2.40. The number of ketones is 1. The van der Waals surface area contributed by atoms with E-state index >= 15 is 0 Å². The molecule has 0 amide bonds. The highest BCUT2D eigenvalue weighted by Gasteiger charge is 2.36. The third-order valence-corrected chi connectivity index (χ3v) is 3.70. The summed E-state index contributed by atoms with van der Waals surface area (Å²) in [7, 11) is 1.92. The maximum Gasteiger partial charge on any atom is 0.164 e. The number of rotatable bonds is 4. The van der Waals surface area contributed by atoms with Crippen LogP contribution in [0.5, 0.6) is 0 Å². The first-order valence-electron chi connectivity index (χ1n) is 6.34. The normalized spacial score (nSPS) is 19.2. The van der Waals surface area contributed by atoms with Crippen molar-refractivity contribution in [1.82, 2.24) is 9.55 Å². The summed E-state index contributed by atoms with van der Waals surface area (Å²) < 4.78 is 1.91. The van der Waals surface area contributed by atoms with E-state index in [2.05, 4.69) is 4.98 Å². The summed E-state index contributed by atoms with van der Waals surface area (Å²) in [6, 6.07) is 0. The molecule has 1 aromatic heterocycles. The summed E-state index contributed by atoms with van der Waals surface area (Å²) in [5.41, 5.74) is -1.05. The summed E-state index contributed by atoms with van der Waals surface area (Å²) in [4.78, 5) is 16.2. The fraction of sp³-hybridized carbons (Fsp3) is 0.692. The molecule has 0 unspecified atom stereocenters. The highest BCUT2D eigenvalue weighted by molar-refractivity contribution is 5.87. The third-order valence-electron chi connectivity index (χ3n) is 3.70. The van der Waals surface area contributed by atoms with E-state index in [0.717, 1.165) is 25.1 Å². The molecule has 4 heteroatoms. The molecule has 0 aromatic carbocycles. The third kappa shape index (κ3) is 2.75. The van der Waals surface area contributed by atoms with Gasteiger partial charge >= 0.3 is 0 Å². The Kier molecular flexibility index (Phi) is 3.62. The second kappa shape index (κ2) is 5.00. The summed E-state index contributed by atoms with van der Waals surface area (Å²) in [6.45, 7) is 0. The van der Waals surface area contributed by atoms with Gasteiger partial charge < -0.3 is 9.67 Å². The molecular weight excluding hydrogens is 216 g/mol. The minimum atomic E-state index is -1.05. The van der Waals surface area contributed by atoms with Crippen molar-refractivity contribution in [3.63, 3.8) is 0 Å². The molecule has 4 nitrogen and oxygen atoms in total. The van der Waals surface area contributed by atoms with Crippen molar-refractivity contribution < 1.29 is 9.90 Å². The van der Waals surface area contributed by atoms with Crippen molar-refractivity contribution in [3.8, 4) is 0 Å². The van der Waals surface area contributed by atoms with Gasteiger partial charge in [0.05, 0.1) is 0 Å². The summed E-state index contributed by atoms with van der Waals surface area (Å²) in [5, 5.41) is 10.3. The second-order valence-corrected chi connectivity index (χ2v) is 4.97. The Hall–Kier alpha value is -1.16. The smallest absolute Gasteiger partial charge is 0.164 e. The van der Waals surface area contributed by atoms with Gasteiger partial charge in [0.25, 0.3) is 0 Å². The number of aliphatic hydroxyl groups is 1. The van der Waals surface area contributed by atoms with Crippen LogP contribution in [0.3, 0.4) is 0 Å². The molecule has 1 aliphatic rings. The largest absolute Gasteiger partial charge is 0.382 e. The zero-order valence-corrected chi connectivity index (χ0v) is 10.4. The van der Waals surface area contributed by atoms with E-state index in [1.807, 2.05) is 17.8 Å². The molecule has 0 saturated heterocycles. The predicted octanol–water partition coefficient (Wildman–Crippen LogP) is 1.62. The Morgan fingerprint density at radius 3 is 2.76 bits per heavy atom. The highest BCUT2D eigenvalue weighted by Crippen LogP contribution is 2.29. The molecule has 1 aromatic rings. The number of aryl methyl sites for hydroxylation is 2. The number of imidazole rings is 1. The van der Waals surface area contributed by atoms with Gasteiger partial charge in [0.1, 0.15) is 11.4 Å². The van der Waals surface area contributed by atoms with Crippen molar-refractivity contribution >= 4 is 5.78 Å². The first-order chi connectivity index (χ1) is 8.12. The van der Waals surface area contributed by atoms with Crippen LogP contribution in [0.1, 0.15) is 44.3 Å². The second-order valence-electron chi connectivity index (χ2n) is 4.97. The molecule has 1 fully saturated rings. The average Bonchev–Trinajstić information content (AvgIpc) is 2.73. The molecule has 17 heavy (non-hydrogen) atoms. The van der Waals surface area contributed by atoms with Crippen molar-refractivity contribution in [3.05, 3.63) is 18.2 Å². The molecule has 2 rings (SSSR count). The molecule has 1 N–H and O–H groups in total. The van der Waals surface area contributed by atoms with E-state index in [0.29, 0.717) is 25.7 Å². The van der Waals surface area contributed by atoms with Crippen LogP contribution in [0.15, 0.2) is 12.4 Å². The van der Waals surface area contributed by atoms with Gasteiger partial charge in [0, 0.05) is 32.3 Å². The lowest BCUT2D eigenvalue weighted by Gasteiger charge is -2.30. The molecule has 0 radical (unpaired) electrons. The molecule has 1 heterocycles. The molecule has 0 aliphatic heterocycles. The number of nitrogens with zero attached hydrogens (tertiary/aromatic N) is 2. The summed E-state index contributed by atoms with van der Waals surface area (Å²) in [6.07, 6.45) is 8.93. The Morgan fingerprint density at radius 2 is 2.18 bits per heavy atom. The standard InChI is InChI=1S/C13H20N2O2/c1-15-10-9-14-12(15)6-5-11(16)13(17)7-3-2-4-8-13/h9-10,17H,2-8H2,1H3. The Bertz CT molecular complexity index is 392. The van der Waals surface area contributed by atoms with Gasteiger partial charge in [0.15, 0.2) is 5.78 Å². The van der Waals surface area contributed by atoms with Gasteiger partial charge in [-0.05, 0) is 12.8 Å². The Balaban J connectivity index is 1.91. The van der Waals surface area contributed by atoms with Crippen molar-refractivity contribution in [2.24, 2.45) is 7.05 Å². The Labute approximate surface area is 102 Å². The van der Waals surface area contributed by atoms with Gasteiger partial charge in [-0.2, -0.15) is 0 Å². The van der Waals surface area contributed by atoms with Crippen LogP contribution in [0.4, 0.5) is 0 Å². The first-order valence-corrected chi connectivity index (χ1v) is 6.34. The van der Waals surface area contributed by atoms with Gasteiger partial charge in [0.2, 0.25) is 0 Å². The maximum atomic E-state index is 12.0. The SMILES string of the molecule is Cn1ccnc1CCC(=O)C1(O)CCCCC1. The maximum absolute atomic E-state index is 12.0. The monoisotopic (exact) mass is 236 g/mol. The summed E-state index contributed by atoms with van der Waals surface area (Å²) >= 11 is 0. The van der Waals surface area contributed by atoms with Gasteiger partial charge in [-0.3, -0.25) is 4.79 Å². The molecule has 0 bridgehead atoms. The van der Waals surface area contributed by atoms with E-state index in [9.17, 15) is 9.90 Å². The van der Waals surface area contributed by atoms with Crippen LogP contribution in [0.2, 0.25) is 0 Å². The van der Waals surface area contributed by atoms with E-state index in [-0.39, 0.29) is 5.78 Å². The van der Waals surface area contributed by atoms with Crippen LogP contribution in [-0.4, -0.2) is 26.0 Å². The number of Topliss-reactive ketones (excluding diaryl/α,β-unsaturated/α-hetero) is 1. The van der Waals surface area contributed by atoms with Gasteiger partial charge in [-0.1, -0.05) is 19.3 Å². The van der Waals surface area contributed by atoms with E-state index < -0.39 is 5.60 Å². The molecule has 94 valence electrons. The quantitative estimate of drug-likeness (QED) is 0.864. The highest BCUT2D eigenvalue weighted by atomic mass is 16.3. The molecular formula is C13H20N2O2. The zero-order valence-electron chi connectivity index (χ0n) is 10.4. The number of carbonyl (C=O) groups excluding carboxylic acids is 1. The number of carbonyl (C=O) groups is 1. The van der Waals surface area contributed by atoms with E-state index in [1.165, 1.54) is 0 Å². The fourth-order valence-electron chi connectivity index (χ4n) is 2.51. The van der Waals surface area contributed by atoms with Crippen molar-refractivity contribution in [2.75, 3.05) is 0 Å². The molecule has 0 atom stereocenters. The summed E-state index contributed by atoms with van der Waals surface area (Å²) in [5.74, 6) is 0.887. The number of hydrogen-bond acceptors (Lipinski definition) is 3. The van der Waals surface area contributed by atoms with Crippen LogP contribution >= 0.6 is 0 Å². The number of hydrogen-bond donors (Lipinski definition) is 1. The van der Waals surface area contributed by atoms with Crippen LogP contribution < -0.4 is 0 Å². The average molecular weight is 236 g/mol. The first kappa shape index (κ1) is 12.3. The van der Waals surface area contributed by atoms with Crippen molar-refractivity contribution in [1.29, 1.82) is 0 Å². The van der Waals surface area contributed by atoms with Crippen LogP contribution in [0, 0.1) is 0 Å². The van der Waals surface area contributed by atoms with Crippen molar-refractivity contribution in [2.45, 2.75) is 50.5 Å². The predicted molar refractivity (Wildman–Crippen MR) is 64.6 cm³/mol. The minimum absolute atomic E-state index is 0.0137. The molecule has 0 spiro atoms. The topological polar surface area (TPSA) is 55.1 Å². The lowest BCUT2D eigenvalue weighted by atomic mass is 9.80. The minimum Gasteiger partial charge on any atom is -0.382 e. The Morgan fingerprint density at radius 1 is 1.47 bits per heavy atom. The lowest BCUT2D eigenvalue weighted by molar-refractivity contribution is -0.140. The zero-order chi connectivity index (χ0) is 12.3. The van der Waals surface area contributed by atoms with E-state index in [4.69, 9.17) is 0 Å². The molecule has 1 aliphatic carbocycles. The van der Waals surface area contributed by atoms with Gasteiger partial charge in [-0.25, -0.2) is 4.98 Å². The van der Waals surface area contributed by atoms with Gasteiger partial charge in [-0.15, -0.1) is 0 Å². The van der Waals surface area contributed by atoms with E-state index in [1.54, 1.807) is 6.20 Å². The fourth-order valence-corrected chi connectivity index (χ4v) is 2.51. The van der Waals surface area contributed by atoms with Crippen LogP contribution in [-0.2, 0) is 18.3 Å². The van der Waals surface area contributed by atoms with Crippen LogP contribution in [0.25, 0.3) is 0 Å². The number of aromatic nitrogens is 2.